The number of benzene rings is 1. The molecule has 2 heterocycles. The van der Waals surface area contributed by atoms with Gasteiger partial charge < -0.3 is 4.74 Å². The molecule has 0 aliphatic carbocycles. The maximum atomic E-state index is 5.52. The van der Waals surface area contributed by atoms with E-state index in [1.54, 1.807) is 12.4 Å². The molecule has 23 heavy (non-hydrogen) atoms. The van der Waals surface area contributed by atoms with Crippen LogP contribution in [0.15, 0.2) is 67.0 Å². The van der Waals surface area contributed by atoms with Gasteiger partial charge in [0.2, 0.25) is 0 Å². The number of pyridine rings is 2. The summed E-state index contributed by atoms with van der Waals surface area (Å²) < 4.78 is 5.52. The fourth-order valence-electron chi connectivity index (χ4n) is 2.27. The highest BCUT2D eigenvalue weighted by Gasteiger charge is 2.00. The average molecular weight is 302 g/mol. The summed E-state index contributed by atoms with van der Waals surface area (Å²) in [6.45, 7) is 2.66. The molecule has 0 fully saturated rings. The van der Waals surface area contributed by atoms with E-state index in [1.165, 1.54) is 0 Å². The summed E-state index contributed by atoms with van der Waals surface area (Å²) >= 11 is 0. The van der Waals surface area contributed by atoms with Crippen molar-refractivity contribution in [3.8, 4) is 17.1 Å². The van der Waals surface area contributed by atoms with Crippen LogP contribution in [0.2, 0.25) is 0 Å². The van der Waals surface area contributed by atoms with Gasteiger partial charge in [0.15, 0.2) is 0 Å². The molecule has 3 nitrogen and oxygen atoms in total. The van der Waals surface area contributed by atoms with Crippen LogP contribution in [0.4, 0.5) is 0 Å². The van der Waals surface area contributed by atoms with E-state index in [0.717, 1.165) is 28.3 Å². The van der Waals surface area contributed by atoms with E-state index in [4.69, 9.17) is 4.74 Å². The molecule has 0 N–H and O–H groups in total. The van der Waals surface area contributed by atoms with Crippen LogP contribution in [-0.4, -0.2) is 16.6 Å². The van der Waals surface area contributed by atoms with Gasteiger partial charge in [0.25, 0.3) is 0 Å². The molecule has 2 aromatic heterocycles. The standard InChI is InChI=1S/C20H18N2O/c1-2-23-18-7-5-6-16(14-18)9-10-17-11-13-22-20(15-17)19-8-3-4-12-21-19/h3-15H,2H2,1H3/b10-9-. The Bertz CT molecular complexity index is 798. The van der Waals surface area contributed by atoms with Crippen molar-refractivity contribution in [2.75, 3.05) is 6.61 Å². The Hall–Kier alpha value is -2.94. The Morgan fingerprint density at radius 3 is 2.43 bits per heavy atom. The SMILES string of the molecule is CCOc1cccc(/C=C\c2ccnc(-c3ccccn3)c2)c1. The lowest BCUT2D eigenvalue weighted by molar-refractivity contribution is 0.340. The zero-order chi connectivity index (χ0) is 15.9. The quantitative estimate of drug-likeness (QED) is 0.684. The second-order valence-electron chi connectivity index (χ2n) is 5.03. The molecule has 0 saturated heterocycles. The van der Waals surface area contributed by atoms with Gasteiger partial charge in [0, 0.05) is 12.4 Å². The van der Waals surface area contributed by atoms with Crippen LogP contribution >= 0.6 is 0 Å². The van der Waals surface area contributed by atoms with Gasteiger partial charge in [-0.25, -0.2) is 0 Å². The van der Waals surface area contributed by atoms with Crippen LogP contribution in [0.5, 0.6) is 5.75 Å². The number of hydrogen-bond acceptors (Lipinski definition) is 3. The molecule has 0 aliphatic rings. The number of ether oxygens (including phenoxy) is 1. The summed E-state index contributed by atoms with van der Waals surface area (Å²) in [4.78, 5) is 8.72. The van der Waals surface area contributed by atoms with Gasteiger partial charge >= 0.3 is 0 Å². The topological polar surface area (TPSA) is 35.0 Å². The highest BCUT2D eigenvalue weighted by Crippen LogP contribution is 2.18. The molecular formula is C20H18N2O. The highest BCUT2D eigenvalue weighted by atomic mass is 16.5. The lowest BCUT2D eigenvalue weighted by atomic mass is 10.1. The Labute approximate surface area is 136 Å². The van der Waals surface area contributed by atoms with Gasteiger partial charge in [-0.3, -0.25) is 9.97 Å². The minimum atomic E-state index is 0.672. The van der Waals surface area contributed by atoms with Crippen molar-refractivity contribution < 1.29 is 4.74 Å². The third-order valence-electron chi connectivity index (χ3n) is 3.35. The van der Waals surface area contributed by atoms with Crippen molar-refractivity contribution in [1.29, 1.82) is 0 Å². The molecule has 0 radical (unpaired) electrons. The number of hydrogen-bond donors (Lipinski definition) is 0. The second kappa shape index (κ2) is 7.36. The second-order valence-corrected chi connectivity index (χ2v) is 5.03. The molecule has 0 aliphatic heterocycles. The molecule has 1 aromatic carbocycles. The van der Waals surface area contributed by atoms with E-state index < -0.39 is 0 Å². The summed E-state index contributed by atoms with van der Waals surface area (Å²) in [5.74, 6) is 0.888. The van der Waals surface area contributed by atoms with E-state index in [2.05, 4.69) is 28.2 Å². The summed E-state index contributed by atoms with van der Waals surface area (Å²) in [5.41, 5.74) is 3.94. The molecule has 0 bridgehead atoms. The van der Waals surface area contributed by atoms with Gasteiger partial charge in [-0.15, -0.1) is 0 Å². The van der Waals surface area contributed by atoms with E-state index in [1.807, 2.05) is 55.5 Å². The molecular weight excluding hydrogens is 284 g/mol. The lowest BCUT2D eigenvalue weighted by Crippen LogP contribution is -1.90. The van der Waals surface area contributed by atoms with Crippen LogP contribution in [0.25, 0.3) is 23.5 Å². The minimum Gasteiger partial charge on any atom is -0.494 e. The van der Waals surface area contributed by atoms with Gasteiger partial charge in [-0.2, -0.15) is 0 Å². The zero-order valence-electron chi connectivity index (χ0n) is 13.0. The minimum absolute atomic E-state index is 0.672. The molecule has 0 spiro atoms. The number of aromatic nitrogens is 2. The first kappa shape index (κ1) is 15.0. The fourth-order valence-corrected chi connectivity index (χ4v) is 2.27. The van der Waals surface area contributed by atoms with Crippen LogP contribution in [0, 0.1) is 0 Å². The molecule has 0 unspecified atom stereocenters. The van der Waals surface area contributed by atoms with Crippen molar-refractivity contribution in [3.63, 3.8) is 0 Å². The van der Waals surface area contributed by atoms with Gasteiger partial charge in [0.1, 0.15) is 5.75 Å². The maximum Gasteiger partial charge on any atom is 0.119 e. The molecule has 0 saturated carbocycles. The Morgan fingerprint density at radius 2 is 1.65 bits per heavy atom. The van der Waals surface area contributed by atoms with Crippen molar-refractivity contribution in [1.82, 2.24) is 9.97 Å². The Kier molecular flexibility index (Phi) is 4.79. The van der Waals surface area contributed by atoms with E-state index in [0.29, 0.717) is 6.61 Å². The van der Waals surface area contributed by atoms with E-state index in [-0.39, 0.29) is 0 Å². The number of rotatable bonds is 5. The Morgan fingerprint density at radius 1 is 0.826 bits per heavy atom. The average Bonchev–Trinajstić information content (AvgIpc) is 2.62. The first-order chi connectivity index (χ1) is 11.3. The summed E-state index contributed by atoms with van der Waals surface area (Å²) in [7, 11) is 0. The maximum absolute atomic E-state index is 5.52. The largest absolute Gasteiger partial charge is 0.494 e. The van der Waals surface area contributed by atoms with E-state index >= 15 is 0 Å². The third-order valence-corrected chi connectivity index (χ3v) is 3.35. The first-order valence-corrected chi connectivity index (χ1v) is 7.63. The van der Waals surface area contributed by atoms with Crippen molar-refractivity contribution in [3.05, 3.63) is 78.1 Å². The molecule has 3 aromatic rings. The summed E-state index contributed by atoms with van der Waals surface area (Å²) in [5, 5.41) is 0. The Balaban J connectivity index is 1.81. The smallest absolute Gasteiger partial charge is 0.119 e. The highest BCUT2D eigenvalue weighted by molar-refractivity contribution is 5.72. The predicted molar refractivity (Wildman–Crippen MR) is 94.0 cm³/mol. The fraction of sp³-hybridized carbons (Fsp3) is 0.100. The van der Waals surface area contributed by atoms with Crippen LogP contribution < -0.4 is 4.74 Å². The van der Waals surface area contributed by atoms with Crippen LogP contribution in [0.1, 0.15) is 18.1 Å². The third kappa shape index (κ3) is 4.04. The van der Waals surface area contributed by atoms with Gasteiger partial charge in [-0.1, -0.05) is 30.4 Å². The normalized spacial score (nSPS) is 10.8. The molecule has 114 valence electrons. The van der Waals surface area contributed by atoms with Crippen molar-refractivity contribution >= 4 is 12.2 Å². The molecule has 3 rings (SSSR count). The summed E-state index contributed by atoms with van der Waals surface area (Å²) in [6.07, 6.45) is 7.72. The van der Waals surface area contributed by atoms with Gasteiger partial charge in [-0.05, 0) is 54.4 Å². The number of nitrogens with zero attached hydrogens (tertiary/aromatic N) is 2. The predicted octanol–water partition coefficient (Wildman–Crippen LogP) is 4.71. The lowest BCUT2D eigenvalue weighted by Gasteiger charge is -2.03. The zero-order valence-corrected chi connectivity index (χ0v) is 13.0. The first-order valence-electron chi connectivity index (χ1n) is 7.63. The van der Waals surface area contributed by atoms with Crippen LogP contribution in [-0.2, 0) is 0 Å². The van der Waals surface area contributed by atoms with E-state index in [9.17, 15) is 0 Å². The van der Waals surface area contributed by atoms with Gasteiger partial charge in [0.05, 0.1) is 18.0 Å². The van der Waals surface area contributed by atoms with Crippen molar-refractivity contribution in [2.24, 2.45) is 0 Å². The summed E-state index contributed by atoms with van der Waals surface area (Å²) in [6, 6.07) is 17.9. The van der Waals surface area contributed by atoms with Crippen molar-refractivity contribution in [2.45, 2.75) is 6.92 Å². The monoisotopic (exact) mass is 302 g/mol. The molecule has 0 amide bonds. The van der Waals surface area contributed by atoms with Crippen LogP contribution in [0.3, 0.4) is 0 Å². The molecule has 3 heteroatoms. The molecule has 0 atom stereocenters.